The average Bonchev–Trinajstić information content (AvgIpc) is 3.18. The van der Waals surface area contributed by atoms with Gasteiger partial charge in [0.15, 0.2) is 0 Å². The van der Waals surface area contributed by atoms with Crippen molar-refractivity contribution in [2.75, 3.05) is 6.61 Å². The number of nitrogens with one attached hydrogen (secondary N) is 1. The lowest BCUT2D eigenvalue weighted by atomic mass is 10.0. The van der Waals surface area contributed by atoms with E-state index in [0.29, 0.717) is 6.42 Å². The number of aliphatic hydroxyl groups excluding tert-OH is 3. The van der Waals surface area contributed by atoms with E-state index >= 15 is 0 Å². The van der Waals surface area contributed by atoms with Crippen LogP contribution in [0.2, 0.25) is 0 Å². The van der Waals surface area contributed by atoms with Crippen molar-refractivity contribution in [2.45, 2.75) is 270 Å². The highest BCUT2D eigenvalue weighted by atomic mass is 16.3. The summed E-state index contributed by atoms with van der Waals surface area (Å²) in [6.45, 7) is 4.21. The lowest BCUT2D eigenvalue weighted by Gasteiger charge is -2.21. The molecule has 0 aliphatic carbocycles. The number of carbonyl (C=O) groups excluding carboxylic acids is 1. The first-order valence-electron chi connectivity index (χ1n) is 24.3. The van der Waals surface area contributed by atoms with Crippen molar-refractivity contribution in [2.24, 2.45) is 0 Å². The summed E-state index contributed by atoms with van der Waals surface area (Å²) in [6, 6.07) is -0.765. The van der Waals surface area contributed by atoms with Gasteiger partial charge >= 0.3 is 0 Å². The molecule has 3 unspecified atom stereocenters. The smallest absolute Gasteiger partial charge is 0.222 e. The van der Waals surface area contributed by atoms with Crippen LogP contribution < -0.4 is 5.32 Å². The predicted molar refractivity (Wildman–Crippen MR) is 241 cm³/mol. The summed E-state index contributed by atoms with van der Waals surface area (Å²) in [6.07, 6.45) is 57.3. The van der Waals surface area contributed by atoms with E-state index in [1.165, 1.54) is 186 Å². The maximum Gasteiger partial charge on any atom is 0.222 e. The molecule has 3 atom stereocenters. The van der Waals surface area contributed by atoms with Gasteiger partial charge in [-0.25, -0.2) is 0 Å². The molecule has 0 aromatic carbocycles. The largest absolute Gasteiger partial charge is 0.394 e. The van der Waals surface area contributed by atoms with Crippen molar-refractivity contribution in [3.63, 3.8) is 0 Å². The van der Waals surface area contributed by atoms with Crippen LogP contribution in [0, 0.1) is 0 Å². The van der Waals surface area contributed by atoms with Crippen molar-refractivity contribution >= 4 is 5.91 Å². The Labute approximate surface area is 343 Å². The summed E-state index contributed by atoms with van der Waals surface area (Å²) in [7, 11) is 0. The van der Waals surface area contributed by atoms with Gasteiger partial charge in [-0.05, 0) is 44.9 Å². The van der Waals surface area contributed by atoms with Gasteiger partial charge < -0.3 is 20.6 Å². The normalized spacial score (nSPS) is 13.8. The zero-order valence-electron chi connectivity index (χ0n) is 36.8. The van der Waals surface area contributed by atoms with E-state index < -0.39 is 18.2 Å². The summed E-state index contributed by atoms with van der Waals surface area (Å²) in [4.78, 5) is 12.5. The Morgan fingerprint density at radius 3 is 1.16 bits per heavy atom. The molecule has 0 saturated carbocycles. The Hall–Kier alpha value is -1.43. The molecule has 0 aromatic heterocycles. The highest BCUT2D eigenvalue weighted by Gasteiger charge is 2.20. The Bertz CT molecular complexity index is 855. The maximum absolute atomic E-state index is 12.5. The first kappa shape index (κ1) is 53.6. The van der Waals surface area contributed by atoms with E-state index in [-0.39, 0.29) is 18.9 Å². The number of carbonyl (C=O) groups is 1. The van der Waals surface area contributed by atoms with Gasteiger partial charge in [0, 0.05) is 0 Å². The summed E-state index contributed by atoms with van der Waals surface area (Å²) in [5.74, 6) is -0.326. The monoisotopic (exact) mass is 774 g/mol. The predicted octanol–water partition coefficient (Wildman–Crippen LogP) is 14.3. The lowest BCUT2D eigenvalue weighted by Crippen LogP contribution is -2.45. The third-order valence-corrected chi connectivity index (χ3v) is 11.2. The van der Waals surface area contributed by atoms with E-state index in [2.05, 4.69) is 43.5 Å². The Morgan fingerprint density at radius 1 is 0.455 bits per heavy atom. The van der Waals surface area contributed by atoms with Crippen molar-refractivity contribution in [3.05, 3.63) is 36.5 Å². The van der Waals surface area contributed by atoms with E-state index in [0.717, 1.165) is 38.5 Å². The summed E-state index contributed by atoms with van der Waals surface area (Å²) >= 11 is 0. The second kappa shape index (κ2) is 45.3. The fourth-order valence-electron chi connectivity index (χ4n) is 7.43. The van der Waals surface area contributed by atoms with Crippen LogP contribution in [-0.2, 0) is 4.79 Å². The molecule has 0 aliphatic rings. The highest BCUT2D eigenvalue weighted by molar-refractivity contribution is 5.76. The Balaban J connectivity index is 3.68. The Morgan fingerprint density at radius 2 is 0.782 bits per heavy atom. The topological polar surface area (TPSA) is 89.8 Å². The fraction of sp³-hybridized carbons (Fsp3) is 0.860. The van der Waals surface area contributed by atoms with Crippen LogP contribution in [0.25, 0.3) is 0 Å². The third kappa shape index (κ3) is 42.0. The number of hydrogen-bond acceptors (Lipinski definition) is 4. The van der Waals surface area contributed by atoms with Gasteiger partial charge in [-0.15, -0.1) is 0 Å². The molecule has 324 valence electrons. The van der Waals surface area contributed by atoms with Crippen molar-refractivity contribution in [3.8, 4) is 0 Å². The van der Waals surface area contributed by atoms with Gasteiger partial charge in [-0.3, -0.25) is 4.79 Å². The van der Waals surface area contributed by atoms with Gasteiger partial charge in [0.25, 0.3) is 0 Å². The zero-order valence-corrected chi connectivity index (χ0v) is 36.8. The molecule has 1 amide bonds. The summed E-state index contributed by atoms with van der Waals surface area (Å²) < 4.78 is 0. The van der Waals surface area contributed by atoms with Crippen LogP contribution in [-0.4, -0.2) is 46.1 Å². The van der Waals surface area contributed by atoms with Gasteiger partial charge in [-0.1, -0.05) is 237 Å². The van der Waals surface area contributed by atoms with E-state index in [1.807, 2.05) is 6.08 Å². The number of allylic oxidation sites excluding steroid dienone is 5. The molecular formula is C50H95NO4. The molecule has 5 heteroatoms. The molecule has 0 radical (unpaired) electrons. The van der Waals surface area contributed by atoms with Crippen LogP contribution in [0.1, 0.15) is 251 Å². The SMILES string of the molecule is CCCCCCCCCCCC/C=C/CC/C=C/CC/C=C/C(O)C(CO)NC(=O)CC(O)CCCCCCCCCCCCCCCCCCCCCC. The van der Waals surface area contributed by atoms with Crippen LogP contribution in [0.4, 0.5) is 0 Å². The number of amides is 1. The average molecular weight is 774 g/mol. The molecule has 0 heterocycles. The lowest BCUT2D eigenvalue weighted by molar-refractivity contribution is -0.124. The van der Waals surface area contributed by atoms with Crippen LogP contribution in [0.15, 0.2) is 36.5 Å². The minimum atomic E-state index is -0.958. The molecule has 4 N–H and O–H groups in total. The van der Waals surface area contributed by atoms with E-state index in [1.54, 1.807) is 6.08 Å². The van der Waals surface area contributed by atoms with Crippen LogP contribution in [0.3, 0.4) is 0 Å². The van der Waals surface area contributed by atoms with Crippen LogP contribution in [0.5, 0.6) is 0 Å². The number of hydrogen-bond donors (Lipinski definition) is 4. The van der Waals surface area contributed by atoms with Gasteiger partial charge in [0.2, 0.25) is 5.91 Å². The summed E-state index contributed by atoms with van der Waals surface area (Å²) in [5, 5.41) is 33.3. The van der Waals surface area contributed by atoms with Gasteiger partial charge in [0.05, 0.1) is 31.3 Å². The maximum atomic E-state index is 12.5. The van der Waals surface area contributed by atoms with Crippen molar-refractivity contribution < 1.29 is 20.1 Å². The van der Waals surface area contributed by atoms with Gasteiger partial charge in [-0.2, -0.15) is 0 Å². The minimum Gasteiger partial charge on any atom is -0.394 e. The standard InChI is InChI=1S/C50H95NO4/c1-3-5-7-9-11-13-15-17-19-21-23-25-27-29-31-33-35-37-39-41-43-47(53)45-50(55)51-48(46-52)49(54)44-42-40-38-36-34-32-30-28-26-24-22-20-18-16-14-12-10-8-6-4-2/h26,28,34,36,42,44,47-49,52-54H,3-25,27,29-33,35,37-41,43,45-46H2,1-2H3,(H,51,55)/b28-26+,36-34+,44-42+. The molecule has 55 heavy (non-hydrogen) atoms. The van der Waals surface area contributed by atoms with Crippen molar-refractivity contribution in [1.82, 2.24) is 5.32 Å². The second-order valence-electron chi connectivity index (χ2n) is 16.7. The molecule has 0 fully saturated rings. The van der Waals surface area contributed by atoms with Gasteiger partial charge in [0.1, 0.15) is 0 Å². The molecule has 0 aromatic rings. The molecule has 0 rings (SSSR count). The Kier molecular flexibility index (Phi) is 44.1. The first-order valence-corrected chi connectivity index (χ1v) is 24.3. The van der Waals surface area contributed by atoms with Crippen LogP contribution >= 0.6 is 0 Å². The quantitative estimate of drug-likeness (QED) is 0.0367. The molecule has 5 nitrogen and oxygen atoms in total. The first-order chi connectivity index (χ1) is 27.0. The zero-order chi connectivity index (χ0) is 40.1. The number of aliphatic hydroxyl groups is 3. The molecular weight excluding hydrogens is 679 g/mol. The van der Waals surface area contributed by atoms with Crippen molar-refractivity contribution in [1.29, 1.82) is 0 Å². The highest BCUT2D eigenvalue weighted by Crippen LogP contribution is 2.16. The second-order valence-corrected chi connectivity index (χ2v) is 16.7. The molecule has 0 bridgehead atoms. The fourth-order valence-corrected chi connectivity index (χ4v) is 7.43. The molecule has 0 saturated heterocycles. The van der Waals surface area contributed by atoms with E-state index in [4.69, 9.17) is 0 Å². The number of rotatable bonds is 44. The minimum absolute atomic E-state index is 0.00531. The van der Waals surface area contributed by atoms with E-state index in [9.17, 15) is 20.1 Å². The molecule has 0 aliphatic heterocycles. The number of unbranched alkanes of at least 4 members (excludes halogenated alkanes) is 31. The third-order valence-electron chi connectivity index (χ3n) is 11.2. The molecule has 0 spiro atoms. The summed E-state index contributed by atoms with van der Waals surface area (Å²) in [5.41, 5.74) is 0.